The number of halogens is 4. The molecule has 3 aromatic rings. The number of hydrazone groups is 1. The fraction of sp³-hybridized carbons (Fsp3) is 0. The van der Waals surface area contributed by atoms with Gasteiger partial charge in [0, 0.05) is 9.86 Å². The van der Waals surface area contributed by atoms with Crippen LogP contribution in [0, 0.1) is 3.57 Å². The van der Waals surface area contributed by atoms with E-state index in [-0.39, 0.29) is 11.5 Å². The molecule has 0 saturated carbocycles. The Balaban J connectivity index is 1.78. The maximum Gasteiger partial charge on any atom is 0.307 e. The lowest BCUT2D eigenvalue weighted by Gasteiger charge is -2.02. The highest BCUT2D eigenvalue weighted by Crippen LogP contribution is 2.31. The van der Waals surface area contributed by atoms with Gasteiger partial charge in [-0.3, -0.25) is 4.79 Å². The number of rotatable bonds is 3. The van der Waals surface area contributed by atoms with Gasteiger partial charge in [-0.15, -0.1) is 0 Å². The summed E-state index contributed by atoms with van der Waals surface area (Å²) < 4.78 is 8.44. The van der Waals surface area contributed by atoms with Crippen LogP contribution in [-0.4, -0.2) is 17.2 Å². The molecule has 0 unspecified atom stereocenters. The Kier molecular flexibility index (Phi) is 5.86. The number of furan rings is 1. The Morgan fingerprint density at radius 1 is 1.16 bits per heavy atom. The monoisotopic (exact) mass is 640 g/mol. The van der Waals surface area contributed by atoms with E-state index < -0.39 is 5.91 Å². The minimum absolute atomic E-state index is 0.160. The maximum atomic E-state index is 12.2. The van der Waals surface area contributed by atoms with Gasteiger partial charge in [0.05, 0.1) is 18.7 Å². The van der Waals surface area contributed by atoms with Crippen molar-refractivity contribution in [3.05, 3.63) is 58.6 Å². The van der Waals surface area contributed by atoms with Crippen molar-refractivity contribution in [3.8, 4) is 5.75 Å². The molecule has 1 aromatic heterocycles. The number of hydrogen-bond donors (Lipinski definition) is 2. The van der Waals surface area contributed by atoms with Gasteiger partial charge in [-0.1, -0.05) is 15.9 Å². The zero-order chi connectivity index (χ0) is 18.1. The molecule has 9 heteroatoms. The highest BCUT2D eigenvalue weighted by Gasteiger charge is 2.14. The van der Waals surface area contributed by atoms with Crippen molar-refractivity contribution in [2.45, 2.75) is 0 Å². The van der Waals surface area contributed by atoms with Gasteiger partial charge in [-0.05, 0) is 90.3 Å². The van der Waals surface area contributed by atoms with E-state index in [2.05, 4.69) is 58.3 Å². The second kappa shape index (κ2) is 7.77. The molecule has 1 heterocycles. The van der Waals surface area contributed by atoms with Crippen molar-refractivity contribution in [2.24, 2.45) is 5.10 Å². The van der Waals surface area contributed by atoms with Gasteiger partial charge in [0.15, 0.2) is 5.76 Å². The number of carbonyl (C=O) groups excluding carboxylic acids is 1. The third-order valence-electron chi connectivity index (χ3n) is 3.18. The van der Waals surface area contributed by atoms with E-state index in [9.17, 15) is 9.90 Å². The number of phenolic OH excluding ortho intramolecular Hbond substituents is 1. The lowest BCUT2D eigenvalue weighted by atomic mass is 10.2. The molecule has 128 valence electrons. The topological polar surface area (TPSA) is 74.8 Å². The molecule has 0 bridgehead atoms. The van der Waals surface area contributed by atoms with E-state index >= 15 is 0 Å². The van der Waals surface area contributed by atoms with Gasteiger partial charge >= 0.3 is 5.91 Å². The second-order valence-electron chi connectivity index (χ2n) is 4.95. The van der Waals surface area contributed by atoms with Gasteiger partial charge in [0.25, 0.3) is 0 Å². The first kappa shape index (κ1) is 18.9. The molecular weight excluding hydrogens is 635 g/mol. The Morgan fingerprint density at radius 2 is 1.92 bits per heavy atom. The smallest absolute Gasteiger partial charge is 0.307 e. The number of aromatic hydroxyl groups is 1. The normalized spacial score (nSPS) is 11.4. The summed E-state index contributed by atoms with van der Waals surface area (Å²) >= 11 is 12.1. The molecule has 0 atom stereocenters. The van der Waals surface area contributed by atoms with Gasteiger partial charge in [0.1, 0.15) is 11.3 Å². The molecule has 25 heavy (non-hydrogen) atoms. The number of benzene rings is 2. The van der Waals surface area contributed by atoms with E-state index in [1.165, 1.54) is 6.21 Å². The fourth-order valence-corrected chi connectivity index (χ4v) is 4.91. The van der Waals surface area contributed by atoms with Gasteiger partial charge in [-0.25, -0.2) is 5.43 Å². The fourth-order valence-electron chi connectivity index (χ4n) is 2.07. The molecule has 0 spiro atoms. The quantitative estimate of drug-likeness (QED) is 0.216. The zero-order valence-corrected chi connectivity index (χ0v) is 19.1. The SMILES string of the molecule is O=C(N/N=C\c1cc(Br)c(O)c(I)c1)c1cc2cc(Br)cc(Br)c2o1. The van der Waals surface area contributed by atoms with Crippen molar-refractivity contribution in [3.63, 3.8) is 0 Å². The van der Waals surface area contributed by atoms with Crippen LogP contribution in [0.3, 0.4) is 0 Å². The summed E-state index contributed by atoms with van der Waals surface area (Å²) in [6.45, 7) is 0. The summed E-state index contributed by atoms with van der Waals surface area (Å²) in [5.74, 6) is -0.128. The van der Waals surface area contributed by atoms with Crippen LogP contribution >= 0.6 is 70.4 Å². The number of nitrogens with zero attached hydrogens (tertiary/aromatic N) is 1. The van der Waals surface area contributed by atoms with E-state index in [0.717, 1.165) is 19.9 Å². The number of nitrogens with one attached hydrogen (secondary N) is 1. The van der Waals surface area contributed by atoms with Crippen molar-refractivity contribution in [2.75, 3.05) is 0 Å². The molecule has 0 radical (unpaired) electrons. The molecular formula is C16H8Br3IN2O3. The van der Waals surface area contributed by atoms with Crippen molar-refractivity contribution < 1.29 is 14.3 Å². The molecule has 0 aliphatic heterocycles. The van der Waals surface area contributed by atoms with E-state index in [1.54, 1.807) is 18.2 Å². The number of carbonyl (C=O) groups is 1. The summed E-state index contributed by atoms with van der Waals surface area (Å²) in [5.41, 5.74) is 3.74. The average Bonchev–Trinajstić information content (AvgIpc) is 2.96. The molecule has 0 saturated heterocycles. The van der Waals surface area contributed by atoms with Crippen molar-refractivity contribution >= 4 is 93.5 Å². The lowest BCUT2D eigenvalue weighted by Crippen LogP contribution is -2.16. The first-order valence-corrected chi connectivity index (χ1v) is 10.2. The van der Waals surface area contributed by atoms with Crippen molar-refractivity contribution in [1.82, 2.24) is 5.43 Å². The molecule has 5 nitrogen and oxygen atoms in total. The number of amides is 1. The Morgan fingerprint density at radius 3 is 2.64 bits per heavy atom. The van der Waals surface area contributed by atoms with Crippen LogP contribution in [0.25, 0.3) is 11.0 Å². The predicted molar refractivity (Wildman–Crippen MR) is 115 cm³/mol. The predicted octanol–water partition coefficient (Wildman–Crippen LogP) is 5.79. The van der Waals surface area contributed by atoms with E-state index in [0.29, 0.717) is 13.6 Å². The van der Waals surface area contributed by atoms with Crippen LogP contribution in [0.5, 0.6) is 5.75 Å². The summed E-state index contributed by atoms with van der Waals surface area (Å²) in [6.07, 6.45) is 1.49. The zero-order valence-electron chi connectivity index (χ0n) is 12.2. The number of fused-ring (bicyclic) bond motifs is 1. The molecule has 0 aliphatic carbocycles. The highest BCUT2D eigenvalue weighted by atomic mass is 127. The first-order chi connectivity index (χ1) is 11.8. The van der Waals surface area contributed by atoms with E-state index in [4.69, 9.17) is 4.42 Å². The van der Waals surface area contributed by atoms with Crippen LogP contribution in [0.1, 0.15) is 16.1 Å². The van der Waals surface area contributed by atoms with Crippen LogP contribution in [-0.2, 0) is 0 Å². The molecule has 0 aliphatic rings. The maximum absolute atomic E-state index is 12.2. The van der Waals surface area contributed by atoms with Gasteiger partial charge in [0.2, 0.25) is 0 Å². The highest BCUT2D eigenvalue weighted by molar-refractivity contribution is 14.1. The number of hydrogen-bond acceptors (Lipinski definition) is 4. The van der Waals surface area contributed by atoms with E-state index in [1.807, 2.05) is 34.7 Å². The molecule has 2 aromatic carbocycles. The van der Waals surface area contributed by atoms with Crippen LogP contribution in [0.4, 0.5) is 0 Å². The second-order valence-corrected chi connectivity index (χ2v) is 8.74. The molecule has 0 fully saturated rings. The van der Waals surface area contributed by atoms with Crippen LogP contribution < -0.4 is 5.43 Å². The third-order valence-corrected chi connectivity index (χ3v) is 5.65. The number of phenols is 1. The lowest BCUT2D eigenvalue weighted by molar-refractivity contribution is 0.0929. The van der Waals surface area contributed by atoms with Gasteiger partial charge < -0.3 is 9.52 Å². The van der Waals surface area contributed by atoms with Crippen LogP contribution in [0.2, 0.25) is 0 Å². The third kappa shape index (κ3) is 4.26. The molecule has 1 amide bonds. The van der Waals surface area contributed by atoms with Crippen molar-refractivity contribution in [1.29, 1.82) is 0 Å². The Labute approximate surface area is 181 Å². The summed E-state index contributed by atoms with van der Waals surface area (Å²) in [7, 11) is 0. The largest absolute Gasteiger partial charge is 0.506 e. The first-order valence-electron chi connectivity index (χ1n) is 6.75. The molecule has 2 N–H and O–H groups in total. The molecule has 3 rings (SSSR count). The summed E-state index contributed by atoms with van der Waals surface area (Å²) in [5, 5.41) is 14.4. The van der Waals surface area contributed by atoms with Crippen LogP contribution in [0.15, 0.2) is 53.3 Å². The van der Waals surface area contributed by atoms with Gasteiger partial charge in [-0.2, -0.15) is 5.10 Å². The summed E-state index contributed by atoms with van der Waals surface area (Å²) in [6, 6.07) is 8.79. The summed E-state index contributed by atoms with van der Waals surface area (Å²) in [4.78, 5) is 12.2. The average molecular weight is 643 g/mol. The Bertz CT molecular complexity index is 994. The standard InChI is InChI=1S/C16H8Br3IN2O3/c17-9-3-8-4-13(25-15(8)11(19)5-9)16(24)22-21-6-7-1-10(18)14(23)12(20)2-7/h1-6,23H,(H,22,24)/b21-6-. The minimum atomic E-state index is -0.456. The minimum Gasteiger partial charge on any atom is -0.506 e. The Hall–Kier alpha value is -0.910.